The summed E-state index contributed by atoms with van der Waals surface area (Å²) < 4.78 is 29.7. The largest absolute Gasteiger partial charge is 0.404 e. The number of aliphatic imine (C=N–C) groups is 1. The van der Waals surface area contributed by atoms with Crippen LogP contribution in [0.25, 0.3) is 5.57 Å². The number of hydrogen-bond acceptors (Lipinski definition) is 6. The number of amides is 1. The molecular formula is C22H25ClN4O4S. The number of allylic oxidation sites excluding steroid dienone is 1. The predicted octanol–water partition coefficient (Wildman–Crippen LogP) is 2.58. The van der Waals surface area contributed by atoms with Gasteiger partial charge in [0.15, 0.2) is 0 Å². The van der Waals surface area contributed by atoms with Gasteiger partial charge in [0.2, 0.25) is 15.9 Å². The summed E-state index contributed by atoms with van der Waals surface area (Å²) in [5, 5.41) is 8.59. The zero-order valence-corrected chi connectivity index (χ0v) is 19.1. The number of nitrogens with zero attached hydrogens (tertiary/aromatic N) is 1. The van der Waals surface area contributed by atoms with Gasteiger partial charge >= 0.3 is 0 Å². The topological polar surface area (TPSA) is 137 Å². The number of ether oxygens (including phenoxy) is 1. The summed E-state index contributed by atoms with van der Waals surface area (Å²) in [5.41, 5.74) is 7.33. The Morgan fingerprint density at radius 3 is 2.59 bits per heavy atom. The molecule has 0 atom stereocenters. The monoisotopic (exact) mass is 476 g/mol. The number of sulfonamides is 1. The van der Waals surface area contributed by atoms with Crippen molar-refractivity contribution in [3.63, 3.8) is 0 Å². The van der Waals surface area contributed by atoms with Gasteiger partial charge in [0.25, 0.3) is 0 Å². The van der Waals surface area contributed by atoms with Gasteiger partial charge in [-0.2, -0.15) is 0 Å². The van der Waals surface area contributed by atoms with Crippen LogP contribution in [0.4, 0.5) is 5.69 Å². The molecule has 1 aliphatic rings. The van der Waals surface area contributed by atoms with E-state index >= 15 is 0 Å². The lowest BCUT2D eigenvalue weighted by Crippen LogP contribution is -2.42. The Labute approximate surface area is 192 Å². The number of carbonyl (C=O) groups is 1. The van der Waals surface area contributed by atoms with Crippen molar-refractivity contribution >= 4 is 45.0 Å². The van der Waals surface area contributed by atoms with Gasteiger partial charge < -0.3 is 15.8 Å². The summed E-state index contributed by atoms with van der Waals surface area (Å²) in [6, 6.07) is 11.4. The molecule has 10 heteroatoms. The van der Waals surface area contributed by atoms with Crippen LogP contribution in [0.2, 0.25) is 5.02 Å². The van der Waals surface area contributed by atoms with E-state index in [1.54, 1.807) is 30.3 Å². The molecule has 0 saturated carbocycles. The van der Waals surface area contributed by atoms with Gasteiger partial charge in [-0.3, -0.25) is 9.79 Å². The lowest BCUT2D eigenvalue weighted by molar-refractivity contribution is -0.115. The molecule has 170 valence electrons. The van der Waals surface area contributed by atoms with E-state index in [1.807, 2.05) is 0 Å². The molecule has 3 rings (SSSR count). The SMILES string of the molecule is CC1(CN=CC(=CN)c2ccc(NC(=O)Cc3ccccc3Cl)cc2S(N)(=O)=O)COC1. The highest BCUT2D eigenvalue weighted by Crippen LogP contribution is 2.28. The van der Waals surface area contributed by atoms with Gasteiger partial charge in [-0.05, 0) is 23.8 Å². The number of primary sulfonamides is 1. The summed E-state index contributed by atoms with van der Waals surface area (Å²) in [4.78, 5) is 16.6. The van der Waals surface area contributed by atoms with Gasteiger partial charge in [0, 0.05) is 46.2 Å². The number of anilines is 1. The van der Waals surface area contributed by atoms with E-state index < -0.39 is 10.0 Å². The number of nitrogens with two attached hydrogens (primary N) is 2. The molecule has 1 saturated heterocycles. The maximum atomic E-state index is 12.4. The highest BCUT2D eigenvalue weighted by molar-refractivity contribution is 7.89. The highest BCUT2D eigenvalue weighted by Gasteiger charge is 2.32. The van der Waals surface area contributed by atoms with E-state index in [4.69, 9.17) is 27.2 Å². The molecule has 32 heavy (non-hydrogen) atoms. The first-order valence-corrected chi connectivity index (χ1v) is 11.7. The first-order valence-electron chi connectivity index (χ1n) is 9.81. The van der Waals surface area contributed by atoms with Gasteiger partial charge in [0.1, 0.15) is 0 Å². The first-order chi connectivity index (χ1) is 15.1. The Balaban J connectivity index is 1.81. The fourth-order valence-corrected chi connectivity index (χ4v) is 4.19. The molecule has 0 aromatic heterocycles. The molecule has 0 unspecified atom stereocenters. The minimum absolute atomic E-state index is 0.0330. The number of rotatable bonds is 8. The summed E-state index contributed by atoms with van der Waals surface area (Å²) in [7, 11) is -4.11. The maximum Gasteiger partial charge on any atom is 0.238 e. The number of benzene rings is 2. The number of halogens is 1. The predicted molar refractivity (Wildman–Crippen MR) is 126 cm³/mol. The normalized spacial score (nSPS) is 16.0. The molecular weight excluding hydrogens is 452 g/mol. The minimum Gasteiger partial charge on any atom is -0.404 e. The van der Waals surface area contributed by atoms with Crippen LogP contribution in [0.3, 0.4) is 0 Å². The van der Waals surface area contributed by atoms with Crippen LogP contribution in [0.15, 0.2) is 58.6 Å². The second-order valence-electron chi connectivity index (χ2n) is 7.97. The summed E-state index contributed by atoms with van der Waals surface area (Å²) in [5.74, 6) is -0.349. The maximum absolute atomic E-state index is 12.4. The average molecular weight is 477 g/mol. The number of nitrogens with one attached hydrogen (secondary N) is 1. The lowest BCUT2D eigenvalue weighted by atomic mass is 9.89. The third-order valence-electron chi connectivity index (χ3n) is 4.98. The van der Waals surface area contributed by atoms with Crippen LogP contribution in [0.5, 0.6) is 0 Å². The Morgan fingerprint density at radius 1 is 1.28 bits per heavy atom. The van der Waals surface area contributed by atoms with Crippen LogP contribution in [0.1, 0.15) is 18.1 Å². The molecule has 8 nitrogen and oxygen atoms in total. The summed E-state index contributed by atoms with van der Waals surface area (Å²) in [6.07, 6.45) is 2.82. The van der Waals surface area contributed by atoms with Crippen LogP contribution in [0, 0.1) is 5.41 Å². The molecule has 0 spiro atoms. The Hall–Kier alpha value is -2.72. The van der Waals surface area contributed by atoms with Crippen LogP contribution < -0.4 is 16.2 Å². The standard InChI is InChI=1S/C22H25ClN4O4S/c1-22(13-31-14-22)12-26-11-16(10-24)18-7-6-17(9-20(18)32(25,29)30)27-21(28)8-15-4-2-3-5-19(15)23/h2-7,9-11H,8,12-14,24H2,1H3,(H,27,28)(H2,25,29,30). The van der Waals surface area contributed by atoms with Crippen LogP contribution in [-0.2, 0) is 26.0 Å². The summed E-state index contributed by atoms with van der Waals surface area (Å²) in [6.45, 7) is 3.81. The zero-order chi connectivity index (χ0) is 23.4. The molecule has 0 radical (unpaired) electrons. The average Bonchev–Trinajstić information content (AvgIpc) is 2.71. The summed E-state index contributed by atoms with van der Waals surface area (Å²) >= 11 is 6.10. The van der Waals surface area contributed by atoms with Crippen molar-refractivity contribution < 1.29 is 17.9 Å². The molecule has 1 heterocycles. The van der Waals surface area contributed by atoms with E-state index in [1.165, 1.54) is 24.5 Å². The number of carbonyl (C=O) groups excluding carboxylic acids is 1. The minimum atomic E-state index is -4.11. The Bertz CT molecular complexity index is 1170. The molecule has 2 aromatic rings. The van der Waals surface area contributed by atoms with E-state index in [2.05, 4.69) is 17.2 Å². The molecule has 0 aliphatic carbocycles. The van der Waals surface area contributed by atoms with Crippen molar-refractivity contribution in [2.75, 3.05) is 25.1 Å². The van der Waals surface area contributed by atoms with Crippen molar-refractivity contribution in [1.29, 1.82) is 0 Å². The molecule has 1 amide bonds. The fourth-order valence-electron chi connectivity index (χ4n) is 3.20. The van der Waals surface area contributed by atoms with Crippen molar-refractivity contribution in [3.05, 3.63) is 64.8 Å². The fraction of sp³-hybridized carbons (Fsp3) is 0.273. The van der Waals surface area contributed by atoms with Crippen molar-refractivity contribution in [3.8, 4) is 0 Å². The Kier molecular flexibility index (Phi) is 7.35. The molecule has 1 aliphatic heterocycles. The Morgan fingerprint density at radius 2 is 2.00 bits per heavy atom. The first kappa shape index (κ1) is 23.9. The molecule has 1 fully saturated rings. The third kappa shape index (κ3) is 5.95. The van der Waals surface area contributed by atoms with Crippen molar-refractivity contribution in [1.82, 2.24) is 0 Å². The second-order valence-corrected chi connectivity index (χ2v) is 9.90. The zero-order valence-electron chi connectivity index (χ0n) is 17.5. The van der Waals surface area contributed by atoms with Crippen molar-refractivity contribution in [2.24, 2.45) is 21.3 Å². The van der Waals surface area contributed by atoms with Crippen LogP contribution >= 0.6 is 11.6 Å². The van der Waals surface area contributed by atoms with E-state index in [9.17, 15) is 13.2 Å². The van der Waals surface area contributed by atoms with Gasteiger partial charge in [0.05, 0.1) is 24.5 Å². The van der Waals surface area contributed by atoms with E-state index in [0.717, 1.165) is 0 Å². The molecule has 2 aromatic carbocycles. The third-order valence-corrected chi connectivity index (χ3v) is 6.30. The molecule has 0 bridgehead atoms. The quantitative estimate of drug-likeness (QED) is 0.503. The smallest absolute Gasteiger partial charge is 0.238 e. The van der Waals surface area contributed by atoms with Crippen molar-refractivity contribution in [2.45, 2.75) is 18.2 Å². The number of hydrogen-bond donors (Lipinski definition) is 3. The van der Waals surface area contributed by atoms with Gasteiger partial charge in [-0.1, -0.05) is 42.8 Å². The van der Waals surface area contributed by atoms with E-state index in [0.29, 0.717) is 35.9 Å². The highest BCUT2D eigenvalue weighted by atomic mass is 35.5. The van der Waals surface area contributed by atoms with Gasteiger partial charge in [-0.25, -0.2) is 13.6 Å². The van der Waals surface area contributed by atoms with E-state index in [-0.39, 0.29) is 33.9 Å². The molecule has 5 N–H and O–H groups in total. The second kappa shape index (κ2) is 9.83. The lowest BCUT2D eigenvalue weighted by Gasteiger charge is -2.36. The van der Waals surface area contributed by atoms with Gasteiger partial charge in [-0.15, -0.1) is 0 Å². The van der Waals surface area contributed by atoms with Crippen LogP contribution in [-0.4, -0.2) is 40.3 Å².